The average Bonchev–Trinajstić information content (AvgIpc) is 2.48. The van der Waals surface area contributed by atoms with Gasteiger partial charge >= 0.3 is 0 Å². The van der Waals surface area contributed by atoms with Gasteiger partial charge in [-0.25, -0.2) is 0 Å². The molecule has 0 aromatic heterocycles. The summed E-state index contributed by atoms with van der Waals surface area (Å²) in [6.45, 7) is 2.26. The second kappa shape index (κ2) is 7.39. The van der Waals surface area contributed by atoms with Gasteiger partial charge in [-0.2, -0.15) is 0 Å². The van der Waals surface area contributed by atoms with Gasteiger partial charge in [-0.1, -0.05) is 44.0 Å². The third-order valence-electron chi connectivity index (χ3n) is 4.48. The number of unbranched alkanes of at least 4 members (excludes halogenated alkanes) is 2. The molecule has 0 spiro atoms. The van der Waals surface area contributed by atoms with Crippen molar-refractivity contribution in [2.45, 2.75) is 64.2 Å². The Morgan fingerprint density at radius 2 is 1.74 bits per heavy atom. The lowest BCUT2D eigenvalue weighted by molar-refractivity contribution is 0.385. The van der Waals surface area contributed by atoms with Gasteiger partial charge in [0, 0.05) is 5.92 Å². The zero-order chi connectivity index (χ0) is 13.5. The summed E-state index contributed by atoms with van der Waals surface area (Å²) in [6, 6.07) is 9.36. The van der Waals surface area contributed by atoms with Crippen molar-refractivity contribution in [2.24, 2.45) is 5.92 Å². The summed E-state index contributed by atoms with van der Waals surface area (Å²) >= 11 is 0. The van der Waals surface area contributed by atoms with E-state index in [-0.39, 0.29) is 0 Å². The largest absolute Gasteiger partial charge is 0.120 e. The molecule has 0 atom stereocenters. The molecule has 1 fully saturated rings. The first-order valence-electron chi connectivity index (χ1n) is 7.88. The molecule has 0 saturated heterocycles. The first-order valence-corrected chi connectivity index (χ1v) is 7.88. The molecular formula is C19H26. The van der Waals surface area contributed by atoms with Crippen LogP contribution in [0.4, 0.5) is 0 Å². The van der Waals surface area contributed by atoms with Crippen molar-refractivity contribution in [1.82, 2.24) is 0 Å². The van der Waals surface area contributed by atoms with E-state index in [1.807, 2.05) is 0 Å². The first-order chi connectivity index (χ1) is 9.33. The van der Waals surface area contributed by atoms with Crippen LogP contribution in [0.15, 0.2) is 24.3 Å². The second-order valence-corrected chi connectivity index (χ2v) is 5.91. The molecule has 0 nitrogen and oxygen atoms in total. The smallest absolute Gasteiger partial charge is 0.0200 e. The second-order valence-electron chi connectivity index (χ2n) is 5.91. The van der Waals surface area contributed by atoms with E-state index in [0.717, 1.165) is 5.92 Å². The summed E-state index contributed by atoms with van der Waals surface area (Å²) in [5.41, 5.74) is 3.02. The summed E-state index contributed by atoms with van der Waals surface area (Å²) in [4.78, 5) is 0. The SMILES string of the molecule is C#C[C@H]1CC[C@H](c2ccc(CCCCC)cc2)CC1. The number of hydrogen-bond donors (Lipinski definition) is 0. The van der Waals surface area contributed by atoms with Crippen LogP contribution in [0.1, 0.15) is 68.9 Å². The number of aryl methyl sites for hydroxylation is 1. The van der Waals surface area contributed by atoms with Gasteiger partial charge in [-0.15, -0.1) is 12.3 Å². The fourth-order valence-electron chi connectivity index (χ4n) is 3.13. The third kappa shape index (κ3) is 4.13. The molecule has 0 radical (unpaired) electrons. The van der Waals surface area contributed by atoms with Crippen molar-refractivity contribution in [3.05, 3.63) is 35.4 Å². The molecule has 1 aromatic carbocycles. The van der Waals surface area contributed by atoms with E-state index in [1.165, 1.54) is 62.5 Å². The van der Waals surface area contributed by atoms with Crippen LogP contribution in [0.2, 0.25) is 0 Å². The monoisotopic (exact) mass is 254 g/mol. The molecule has 0 unspecified atom stereocenters. The average molecular weight is 254 g/mol. The number of hydrogen-bond acceptors (Lipinski definition) is 0. The molecule has 1 aliphatic rings. The highest BCUT2D eigenvalue weighted by molar-refractivity contribution is 5.26. The zero-order valence-electron chi connectivity index (χ0n) is 12.2. The van der Waals surface area contributed by atoms with E-state index >= 15 is 0 Å². The Balaban J connectivity index is 1.86. The molecule has 1 saturated carbocycles. The van der Waals surface area contributed by atoms with Gasteiger partial charge in [0.2, 0.25) is 0 Å². The summed E-state index contributed by atoms with van der Waals surface area (Å²) < 4.78 is 0. The third-order valence-corrected chi connectivity index (χ3v) is 4.48. The van der Waals surface area contributed by atoms with Crippen molar-refractivity contribution < 1.29 is 0 Å². The van der Waals surface area contributed by atoms with E-state index in [2.05, 4.69) is 37.1 Å². The first kappa shape index (κ1) is 14.2. The Labute approximate surface area is 118 Å². The molecule has 19 heavy (non-hydrogen) atoms. The summed E-state index contributed by atoms with van der Waals surface area (Å²) in [6.07, 6.45) is 15.7. The Morgan fingerprint density at radius 1 is 1.05 bits per heavy atom. The Hall–Kier alpha value is -1.22. The van der Waals surface area contributed by atoms with Crippen molar-refractivity contribution in [3.63, 3.8) is 0 Å². The van der Waals surface area contributed by atoms with Gasteiger partial charge in [0.25, 0.3) is 0 Å². The minimum absolute atomic E-state index is 0.532. The van der Waals surface area contributed by atoms with Crippen molar-refractivity contribution in [2.75, 3.05) is 0 Å². The van der Waals surface area contributed by atoms with Gasteiger partial charge in [0.15, 0.2) is 0 Å². The minimum Gasteiger partial charge on any atom is -0.120 e. The van der Waals surface area contributed by atoms with E-state index < -0.39 is 0 Å². The zero-order valence-corrected chi connectivity index (χ0v) is 12.2. The highest BCUT2D eigenvalue weighted by atomic mass is 14.2. The lowest BCUT2D eigenvalue weighted by Gasteiger charge is -2.26. The number of rotatable bonds is 5. The molecule has 102 valence electrons. The maximum Gasteiger partial charge on any atom is 0.0200 e. The highest BCUT2D eigenvalue weighted by Gasteiger charge is 2.20. The van der Waals surface area contributed by atoms with Crippen molar-refractivity contribution in [3.8, 4) is 12.3 Å². The van der Waals surface area contributed by atoms with Crippen LogP contribution in [0.5, 0.6) is 0 Å². The molecule has 0 heterocycles. The van der Waals surface area contributed by atoms with Crippen LogP contribution in [-0.4, -0.2) is 0 Å². The van der Waals surface area contributed by atoms with Crippen molar-refractivity contribution >= 4 is 0 Å². The molecule has 1 aromatic rings. The summed E-state index contributed by atoms with van der Waals surface area (Å²) in [7, 11) is 0. The lowest BCUT2D eigenvalue weighted by Crippen LogP contribution is -2.11. The summed E-state index contributed by atoms with van der Waals surface area (Å²) in [5.74, 6) is 4.19. The number of benzene rings is 1. The molecule has 2 rings (SSSR count). The van der Waals surface area contributed by atoms with Gasteiger partial charge in [0.05, 0.1) is 0 Å². The lowest BCUT2D eigenvalue weighted by atomic mass is 9.79. The standard InChI is InChI=1S/C19H26/c1-3-5-6-7-17-10-14-19(15-11-17)18-12-8-16(4-2)9-13-18/h2,10-11,14-16,18H,3,5-9,12-13H2,1H3/t16-,18-. The van der Waals surface area contributed by atoms with Crippen LogP contribution in [0.25, 0.3) is 0 Å². The van der Waals surface area contributed by atoms with Gasteiger partial charge in [-0.3, -0.25) is 0 Å². The Morgan fingerprint density at radius 3 is 2.32 bits per heavy atom. The highest BCUT2D eigenvalue weighted by Crippen LogP contribution is 2.35. The molecule has 1 aliphatic carbocycles. The van der Waals surface area contributed by atoms with E-state index in [1.54, 1.807) is 0 Å². The fourth-order valence-corrected chi connectivity index (χ4v) is 3.13. The predicted octanol–water partition coefficient (Wildman–Crippen LogP) is 5.33. The quantitative estimate of drug-likeness (QED) is 0.492. The van der Waals surface area contributed by atoms with Crippen LogP contribution < -0.4 is 0 Å². The van der Waals surface area contributed by atoms with Gasteiger partial charge in [0.1, 0.15) is 0 Å². The minimum atomic E-state index is 0.532. The topological polar surface area (TPSA) is 0 Å². The normalized spacial score (nSPS) is 22.9. The van der Waals surface area contributed by atoms with E-state index in [4.69, 9.17) is 6.42 Å². The molecule has 0 N–H and O–H groups in total. The number of terminal acetylenes is 1. The van der Waals surface area contributed by atoms with Crippen LogP contribution >= 0.6 is 0 Å². The van der Waals surface area contributed by atoms with Crippen LogP contribution in [0.3, 0.4) is 0 Å². The van der Waals surface area contributed by atoms with Crippen LogP contribution in [0, 0.1) is 18.3 Å². The maximum absolute atomic E-state index is 5.52. The van der Waals surface area contributed by atoms with Gasteiger partial charge < -0.3 is 0 Å². The van der Waals surface area contributed by atoms with E-state index in [9.17, 15) is 0 Å². The summed E-state index contributed by atoms with van der Waals surface area (Å²) in [5, 5.41) is 0. The molecule has 0 bridgehead atoms. The molecule has 0 heteroatoms. The maximum atomic E-state index is 5.52. The Kier molecular flexibility index (Phi) is 5.52. The van der Waals surface area contributed by atoms with E-state index in [0.29, 0.717) is 5.92 Å². The Bertz CT molecular complexity index is 399. The molecule has 0 amide bonds. The predicted molar refractivity (Wildman–Crippen MR) is 83.2 cm³/mol. The fraction of sp³-hybridized carbons (Fsp3) is 0.579. The molecular weight excluding hydrogens is 228 g/mol. The van der Waals surface area contributed by atoms with Gasteiger partial charge in [-0.05, 0) is 55.6 Å². The van der Waals surface area contributed by atoms with Crippen molar-refractivity contribution in [1.29, 1.82) is 0 Å². The molecule has 0 aliphatic heterocycles. The van der Waals surface area contributed by atoms with Crippen LogP contribution in [-0.2, 0) is 6.42 Å².